The predicted molar refractivity (Wildman–Crippen MR) is 115 cm³/mol. The molecule has 3 aromatic rings. The smallest absolute Gasteiger partial charge is 0.255 e. The van der Waals surface area contributed by atoms with Gasteiger partial charge in [0.05, 0.1) is 7.11 Å². The third-order valence-electron chi connectivity index (χ3n) is 4.31. The van der Waals surface area contributed by atoms with Crippen LogP contribution in [0.1, 0.15) is 21.5 Å². The number of para-hydroxylation sites is 1. The number of hydrogen-bond acceptors (Lipinski definition) is 3. The average molecular weight is 404 g/mol. The van der Waals surface area contributed by atoms with Crippen molar-refractivity contribution in [3.05, 3.63) is 101 Å². The number of anilines is 1. The van der Waals surface area contributed by atoms with Gasteiger partial charge < -0.3 is 15.4 Å². The summed E-state index contributed by atoms with van der Waals surface area (Å²) in [5, 5.41) is 5.57. The lowest BCUT2D eigenvalue weighted by Crippen LogP contribution is -2.20. The summed E-state index contributed by atoms with van der Waals surface area (Å²) in [5.41, 5.74) is 2.57. The molecule has 0 fully saturated rings. The molecule has 2 N–H and O–H groups in total. The maximum atomic E-state index is 13.0. The Balaban J connectivity index is 1.57. The maximum Gasteiger partial charge on any atom is 0.255 e. The maximum absolute atomic E-state index is 13.0. The van der Waals surface area contributed by atoms with E-state index in [-0.39, 0.29) is 11.8 Å². The third kappa shape index (κ3) is 5.78. The molecule has 0 aliphatic rings. The Labute approximate surface area is 174 Å². The van der Waals surface area contributed by atoms with Gasteiger partial charge in [-0.3, -0.25) is 9.59 Å². The van der Waals surface area contributed by atoms with Crippen LogP contribution < -0.4 is 15.4 Å². The Morgan fingerprint density at radius 3 is 2.53 bits per heavy atom. The molecule has 30 heavy (non-hydrogen) atoms. The van der Waals surface area contributed by atoms with Crippen molar-refractivity contribution in [1.82, 2.24) is 5.32 Å². The summed E-state index contributed by atoms with van der Waals surface area (Å²) in [6.45, 7) is 0.301. The molecular formula is C24H21FN2O3. The molecule has 0 radical (unpaired) electrons. The van der Waals surface area contributed by atoms with E-state index >= 15 is 0 Å². The van der Waals surface area contributed by atoms with Crippen LogP contribution in [0.2, 0.25) is 0 Å². The number of nitrogens with one attached hydrogen (secondary N) is 2. The number of carbonyl (C=O) groups is 2. The number of amides is 2. The highest BCUT2D eigenvalue weighted by atomic mass is 19.1. The largest absolute Gasteiger partial charge is 0.496 e. The van der Waals surface area contributed by atoms with E-state index in [0.717, 1.165) is 11.1 Å². The van der Waals surface area contributed by atoms with Crippen LogP contribution in [0.4, 0.5) is 10.1 Å². The van der Waals surface area contributed by atoms with Crippen LogP contribution in [0.5, 0.6) is 5.75 Å². The van der Waals surface area contributed by atoms with Gasteiger partial charge in [0.1, 0.15) is 11.6 Å². The summed E-state index contributed by atoms with van der Waals surface area (Å²) in [5.74, 6) is -0.298. The van der Waals surface area contributed by atoms with Gasteiger partial charge in [-0.25, -0.2) is 4.39 Å². The van der Waals surface area contributed by atoms with Crippen molar-refractivity contribution in [2.24, 2.45) is 0 Å². The molecule has 0 unspecified atom stereocenters. The summed E-state index contributed by atoms with van der Waals surface area (Å²) in [6, 6.07) is 19.9. The van der Waals surface area contributed by atoms with E-state index in [1.807, 2.05) is 30.3 Å². The minimum atomic E-state index is -0.399. The van der Waals surface area contributed by atoms with Crippen LogP contribution in [0, 0.1) is 5.82 Å². The molecule has 3 aromatic carbocycles. The molecule has 152 valence electrons. The third-order valence-corrected chi connectivity index (χ3v) is 4.31. The van der Waals surface area contributed by atoms with Crippen molar-refractivity contribution in [3.8, 4) is 5.75 Å². The van der Waals surface area contributed by atoms with Crippen molar-refractivity contribution in [2.45, 2.75) is 6.54 Å². The van der Waals surface area contributed by atoms with E-state index in [1.165, 1.54) is 30.3 Å². The number of methoxy groups -OCH3 is 1. The molecule has 5 nitrogen and oxygen atoms in total. The molecule has 0 saturated heterocycles. The first-order chi connectivity index (χ1) is 14.5. The molecule has 2 amide bonds. The van der Waals surface area contributed by atoms with E-state index in [0.29, 0.717) is 23.5 Å². The van der Waals surface area contributed by atoms with Crippen LogP contribution in [-0.4, -0.2) is 18.9 Å². The first kappa shape index (κ1) is 20.8. The van der Waals surface area contributed by atoms with Gasteiger partial charge in [0.25, 0.3) is 5.91 Å². The average Bonchev–Trinajstić information content (AvgIpc) is 2.77. The molecule has 0 aliphatic heterocycles. The Hall–Kier alpha value is -3.93. The number of carbonyl (C=O) groups excluding carboxylic acids is 2. The lowest BCUT2D eigenvalue weighted by atomic mass is 10.1. The van der Waals surface area contributed by atoms with Crippen molar-refractivity contribution >= 4 is 23.6 Å². The van der Waals surface area contributed by atoms with Crippen molar-refractivity contribution in [1.29, 1.82) is 0 Å². The number of benzene rings is 3. The zero-order valence-electron chi connectivity index (χ0n) is 16.4. The van der Waals surface area contributed by atoms with E-state index < -0.39 is 5.82 Å². The SMILES string of the molecule is COc1ccccc1/C=C/C(=O)NCc1cccc(NC(=O)c2ccc(F)cc2)c1. The van der Waals surface area contributed by atoms with Crippen LogP contribution in [-0.2, 0) is 11.3 Å². The van der Waals surface area contributed by atoms with Crippen molar-refractivity contribution in [3.63, 3.8) is 0 Å². The lowest BCUT2D eigenvalue weighted by Gasteiger charge is -2.08. The van der Waals surface area contributed by atoms with E-state index in [9.17, 15) is 14.0 Å². The van der Waals surface area contributed by atoms with Gasteiger partial charge in [0, 0.05) is 29.4 Å². The molecule has 3 rings (SSSR count). The van der Waals surface area contributed by atoms with Crippen LogP contribution in [0.15, 0.2) is 78.9 Å². The number of halogens is 1. The normalized spacial score (nSPS) is 10.6. The summed E-state index contributed by atoms with van der Waals surface area (Å²) in [4.78, 5) is 24.4. The molecule has 0 saturated carbocycles. The minimum Gasteiger partial charge on any atom is -0.496 e. The number of rotatable bonds is 7. The summed E-state index contributed by atoms with van der Waals surface area (Å²) >= 11 is 0. The highest BCUT2D eigenvalue weighted by molar-refractivity contribution is 6.04. The van der Waals surface area contributed by atoms with Gasteiger partial charge in [-0.05, 0) is 54.1 Å². The molecule has 0 spiro atoms. The molecule has 0 aromatic heterocycles. The summed E-state index contributed by atoms with van der Waals surface area (Å²) < 4.78 is 18.2. The fraction of sp³-hybridized carbons (Fsp3) is 0.0833. The van der Waals surface area contributed by atoms with Crippen LogP contribution in [0.3, 0.4) is 0 Å². The van der Waals surface area contributed by atoms with E-state index in [4.69, 9.17) is 4.74 Å². The van der Waals surface area contributed by atoms with Crippen LogP contribution in [0.25, 0.3) is 6.08 Å². The first-order valence-corrected chi connectivity index (χ1v) is 9.30. The molecular weight excluding hydrogens is 383 g/mol. The quantitative estimate of drug-likeness (QED) is 0.573. The van der Waals surface area contributed by atoms with Gasteiger partial charge in [0.15, 0.2) is 0 Å². The van der Waals surface area contributed by atoms with Crippen LogP contribution >= 0.6 is 0 Å². The number of hydrogen-bond donors (Lipinski definition) is 2. The Kier molecular flexibility index (Phi) is 6.95. The fourth-order valence-electron chi connectivity index (χ4n) is 2.78. The van der Waals surface area contributed by atoms with E-state index in [1.54, 1.807) is 31.4 Å². The zero-order valence-corrected chi connectivity index (χ0v) is 16.4. The Morgan fingerprint density at radius 2 is 1.77 bits per heavy atom. The predicted octanol–water partition coefficient (Wildman–Crippen LogP) is 4.42. The van der Waals surface area contributed by atoms with Crippen molar-refractivity contribution < 1.29 is 18.7 Å². The highest BCUT2D eigenvalue weighted by Gasteiger charge is 2.07. The molecule has 0 heterocycles. The molecule has 0 atom stereocenters. The van der Waals surface area contributed by atoms with Gasteiger partial charge in [-0.2, -0.15) is 0 Å². The highest BCUT2D eigenvalue weighted by Crippen LogP contribution is 2.18. The topological polar surface area (TPSA) is 67.4 Å². The lowest BCUT2D eigenvalue weighted by molar-refractivity contribution is -0.116. The molecule has 6 heteroatoms. The first-order valence-electron chi connectivity index (χ1n) is 9.30. The molecule has 0 aliphatic carbocycles. The van der Waals surface area contributed by atoms with Crippen molar-refractivity contribution in [2.75, 3.05) is 12.4 Å². The second-order valence-electron chi connectivity index (χ2n) is 6.45. The Bertz CT molecular complexity index is 1060. The molecule has 0 bridgehead atoms. The number of ether oxygens (including phenoxy) is 1. The zero-order chi connectivity index (χ0) is 21.3. The van der Waals surface area contributed by atoms with Gasteiger partial charge in [-0.1, -0.05) is 30.3 Å². The monoisotopic (exact) mass is 404 g/mol. The Morgan fingerprint density at radius 1 is 1.00 bits per heavy atom. The van der Waals surface area contributed by atoms with Gasteiger partial charge in [-0.15, -0.1) is 0 Å². The fourth-order valence-corrected chi connectivity index (χ4v) is 2.78. The second kappa shape index (κ2) is 10.0. The van der Waals surface area contributed by atoms with E-state index in [2.05, 4.69) is 10.6 Å². The summed E-state index contributed by atoms with van der Waals surface area (Å²) in [7, 11) is 1.58. The minimum absolute atomic E-state index is 0.248. The van der Waals surface area contributed by atoms with Gasteiger partial charge >= 0.3 is 0 Å². The second-order valence-corrected chi connectivity index (χ2v) is 6.45. The standard InChI is InChI=1S/C24H21FN2O3/c1-30-22-8-3-2-6-18(22)11-14-23(28)26-16-17-5-4-7-21(15-17)27-24(29)19-9-12-20(25)13-10-19/h2-15H,16H2,1H3,(H,26,28)(H,27,29)/b14-11+. The summed E-state index contributed by atoms with van der Waals surface area (Å²) in [6.07, 6.45) is 3.13. The van der Waals surface area contributed by atoms with Gasteiger partial charge in [0.2, 0.25) is 5.91 Å².